The molecule has 2 aromatic carbocycles. The van der Waals surface area contributed by atoms with Gasteiger partial charge in [0.2, 0.25) is 0 Å². The van der Waals surface area contributed by atoms with Crippen LogP contribution in [0.1, 0.15) is 35.7 Å². The lowest BCUT2D eigenvalue weighted by atomic mass is 10.1. The minimum Gasteiger partial charge on any atom is -0.394 e. The number of urea groups is 1. The van der Waals surface area contributed by atoms with Gasteiger partial charge in [-0.15, -0.1) is 0 Å². The lowest BCUT2D eigenvalue weighted by molar-refractivity contribution is 0.214. The van der Waals surface area contributed by atoms with E-state index in [1.54, 1.807) is 18.2 Å². The number of hydrogen-bond donors (Lipinski definition) is 3. The van der Waals surface area contributed by atoms with Crippen molar-refractivity contribution in [2.45, 2.75) is 19.0 Å². The maximum atomic E-state index is 12.1. The third-order valence-electron chi connectivity index (χ3n) is 3.55. The molecule has 2 aromatic rings. The van der Waals surface area contributed by atoms with Gasteiger partial charge in [0, 0.05) is 0 Å². The highest BCUT2D eigenvalue weighted by atomic mass is 16.3. The van der Waals surface area contributed by atoms with Crippen LogP contribution in [0, 0.1) is 11.3 Å². The van der Waals surface area contributed by atoms with Crippen LogP contribution in [0.15, 0.2) is 54.6 Å². The monoisotopic (exact) mass is 309 g/mol. The quantitative estimate of drug-likeness (QED) is 0.793. The van der Waals surface area contributed by atoms with Crippen LogP contribution in [0.3, 0.4) is 0 Å². The normalized spacial score (nSPS) is 12.7. The standard InChI is InChI=1S/C18H19N3O2/c1-13(16-9-5-6-14(10-16)11-19)20-18(23)21-17(12-22)15-7-3-2-4-8-15/h2-10,13,17,22H,12H2,1H3,(H2,20,21,23)/t13-,17+/m0/s1. The first-order valence-corrected chi connectivity index (χ1v) is 7.37. The summed E-state index contributed by atoms with van der Waals surface area (Å²) in [7, 11) is 0. The summed E-state index contributed by atoms with van der Waals surface area (Å²) >= 11 is 0. The molecule has 0 saturated carbocycles. The van der Waals surface area contributed by atoms with E-state index in [0.717, 1.165) is 11.1 Å². The Morgan fingerprint density at radius 2 is 1.83 bits per heavy atom. The fourth-order valence-electron chi connectivity index (χ4n) is 2.28. The molecule has 23 heavy (non-hydrogen) atoms. The average molecular weight is 309 g/mol. The number of rotatable bonds is 5. The maximum Gasteiger partial charge on any atom is 0.315 e. The number of carbonyl (C=O) groups excluding carboxylic acids is 1. The van der Waals surface area contributed by atoms with Crippen LogP contribution in [0.5, 0.6) is 0 Å². The average Bonchev–Trinajstić information content (AvgIpc) is 2.60. The van der Waals surface area contributed by atoms with E-state index in [9.17, 15) is 9.90 Å². The molecule has 2 rings (SSSR count). The first-order chi connectivity index (χ1) is 11.1. The molecule has 0 aliphatic rings. The molecule has 0 bridgehead atoms. The van der Waals surface area contributed by atoms with Crippen LogP contribution >= 0.6 is 0 Å². The van der Waals surface area contributed by atoms with Gasteiger partial charge in [0.1, 0.15) is 0 Å². The van der Waals surface area contributed by atoms with Gasteiger partial charge in [-0.3, -0.25) is 0 Å². The molecule has 0 fully saturated rings. The molecule has 118 valence electrons. The van der Waals surface area contributed by atoms with Crippen LogP contribution < -0.4 is 10.6 Å². The highest BCUT2D eigenvalue weighted by Gasteiger charge is 2.15. The zero-order chi connectivity index (χ0) is 16.7. The molecule has 2 atom stereocenters. The van der Waals surface area contributed by atoms with Gasteiger partial charge in [-0.25, -0.2) is 4.79 Å². The Morgan fingerprint density at radius 3 is 2.48 bits per heavy atom. The Morgan fingerprint density at radius 1 is 1.13 bits per heavy atom. The van der Waals surface area contributed by atoms with E-state index >= 15 is 0 Å². The highest BCUT2D eigenvalue weighted by molar-refractivity contribution is 5.75. The smallest absolute Gasteiger partial charge is 0.315 e. The molecule has 5 heteroatoms. The third-order valence-corrected chi connectivity index (χ3v) is 3.55. The van der Waals surface area contributed by atoms with E-state index in [1.165, 1.54) is 0 Å². The summed E-state index contributed by atoms with van der Waals surface area (Å²) in [5.41, 5.74) is 2.23. The summed E-state index contributed by atoms with van der Waals surface area (Å²) in [4.78, 5) is 12.1. The van der Waals surface area contributed by atoms with E-state index in [4.69, 9.17) is 5.26 Å². The fourth-order valence-corrected chi connectivity index (χ4v) is 2.28. The number of benzene rings is 2. The van der Waals surface area contributed by atoms with Crippen molar-refractivity contribution in [3.8, 4) is 6.07 Å². The van der Waals surface area contributed by atoms with Gasteiger partial charge in [0.15, 0.2) is 0 Å². The summed E-state index contributed by atoms with van der Waals surface area (Å²) in [5, 5.41) is 24.0. The molecule has 0 aromatic heterocycles. The zero-order valence-electron chi connectivity index (χ0n) is 12.9. The molecular weight excluding hydrogens is 290 g/mol. The Balaban J connectivity index is 1.99. The second-order valence-corrected chi connectivity index (χ2v) is 5.22. The largest absolute Gasteiger partial charge is 0.394 e. The molecule has 5 nitrogen and oxygen atoms in total. The van der Waals surface area contributed by atoms with Crippen molar-refractivity contribution >= 4 is 6.03 Å². The number of aliphatic hydroxyl groups is 1. The number of nitrogens with one attached hydrogen (secondary N) is 2. The summed E-state index contributed by atoms with van der Waals surface area (Å²) < 4.78 is 0. The number of hydrogen-bond acceptors (Lipinski definition) is 3. The van der Waals surface area contributed by atoms with Gasteiger partial charge in [-0.2, -0.15) is 5.26 Å². The van der Waals surface area contributed by atoms with Crippen molar-refractivity contribution in [1.82, 2.24) is 10.6 Å². The number of amides is 2. The number of carbonyl (C=O) groups is 1. The second-order valence-electron chi connectivity index (χ2n) is 5.22. The van der Waals surface area contributed by atoms with Crippen LogP contribution in [0.4, 0.5) is 4.79 Å². The lowest BCUT2D eigenvalue weighted by Crippen LogP contribution is -2.40. The van der Waals surface area contributed by atoms with Gasteiger partial charge < -0.3 is 15.7 Å². The molecule has 0 spiro atoms. The molecule has 0 aliphatic carbocycles. The highest BCUT2D eigenvalue weighted by Crippen LogP contribution is 2.15. The first-order valence-electron chi connectivity index (χ1n) is 7.37. The number of aliphatic hydroxyl groups excluding tert-OH is 1. The van der Waals surface area contributed by atoms with Crippen molar-refractivity contribution in [1.29, 1.82) is 5.26 Å². The molecular formula is C18H19N3O2. The van der Waals surface area contributed by atoms with E-state index in [-0.39, 0.29) is 18.7 Å². The molecule has 0 radical (unpaired) electrons. The topological polar surface area (TPSA) is 85.2 Å². The molecule has 0 heterocycles. The van der Waals surface area contributed by atoms with Crippen molar-refractivity contribution in [2.24, 2.45) is 0 Å². The Labute approximate surface area is 135 Å². The van der Waals surface area contributed by atoms with Gasteiger partial charge in [-0.1, -0.05) is 42.5 Å². The number of nitrogens with zero attached hydrogens (tertiary/aromatic N) is 1. The molecule has 0 aliphatic heterocycles. The van der Waals surface area contributed by atoms with E-state index in [1.807, 2.05) is 43.3 Å². The molecule has 2 amide bonds. The zero-order valence-corrected chi connectivity index (χ0v) is 12.9. The van der Waals surface area contributed by atoms with Crippen molar-refractivity contribution in [3.05, 3.63) is 71.3 Å². The number of nitriles is 1. The van der Waals surface area contributed by atoms with Crippen LogP contribution in [-0.2, 0) is 0 Å². The van der Waals surface area contributed by atoms with Crippen molar-refractivity contribution in [2.75, 3.05) is 6.61 Å². The SMILES string of the molecule is C[C@H](NC(=O)N[C@H](CO)c1ccccc1)c1cccc(C#N)c1. The van der Waals surface area contributed by atoms with Gasteiger partial charge >= 0.3 is 6.03 Å². The molecule has 0 unspecified atom stereocenters. The lowest BCUT2D eigenvalue weighted by Gasteiger charge is -2.20. The van der Waals surface area contributed by atoms with Crippen LogP contribution in [0.2, 0.25) is 0 Å². The van der Waals surface area contributed by atoms with Crippen LogP contribution in [-0.4, -0.2) is 17.7 Å². The molecule has 0 saturated heterocycles. The van der Waals surface area contributed by atoms with Crippen molar-refractivity contribution in [3.63, 3.8) is 0 Å². The fraction of sp³-hybridized carbons (Fsp3) is 0.222. The van der Waals surface area contributed by atoms with E-state index in [0.29, 0.717) is 5.56 Å². The third kappa shape index (κ3) is 4.56. The van der Waals surface area contributed by atoms with Gasteiger partial charge in [0.05, 0.1) is 30.3 Å². The van der Waals surface area contributed by atoms with E-state index < -0.39 is 6.04 Å². The first kappa shape index (κ1) is 16.5. The Bertz CT molecular complexity index is 695. The van der Waals surface area contributed by atoms with Gasteiger partial charge in [0.25, 0.3) is 0 Å². The predicted octanol–water partition coefficient (Wildman–Crippen LogP) is 2.65. The van der Waals surface area contributed by atoms with Gasteiger partial charge in [-0.05, 0) is 30.2 Å². The van der Waals surface area contributed by atoms with E-state index in [2.05, 4.69) is 16.7 Å². The Kier molecular flexibility index (Phi) is 5.73. The Hall–Kier alpha value is -2.84. The minimum absolute atomic E-state index is 0.185. The second kappa shape index (κ2) is 7.97. The predicted molar refractivity (Wildman–Crippen MR) is 87.5 cm³/mol. The minimum atomic E-state index is -0.464. The summed E-state index contributed by atoms with van der Waals surface area (Å²) in [6.07, 6.45) is 0. The summed E-state index contributed by atoms with van der Waals surface area (Å²) in [6, 6.07) is 17.4. The van der Waals surface area contributed by atoms with Crippen LogP contribution in [0.25, 0.3) is 0 Å². The molecule has 3 N–H and O–H groups in total. The summed E-state index contributed by atoms with van der Waals surface area (Å²) in [6.45, 7) is 1.66. The maximum absolute atomic E-state index is 12.1. The van der Waals surface area contributed by atoms with Crippen molar-refractivity contribution < 1.29 is 9.90 Å². The summed E-state index contributed by atoms with van der Waals surface area (Å²) in [5.74, 6) is 0.